The van der Waals surface area contributed by atoms with E-state index in [2.05, 4.69) is 10.3 Å². The number of para-hydroxylation sites is 1. The molecule has 1 N–H and O–H groups in total. The van der Waals surface area contributed by atoms with Gasteiger partial charge in [-0.05, 0) is 36.4 Å². The van der Waals surface area contributed by atoms with Gasteiger partial charge in [0.2, 0.25) is 0 Å². The first-order valence-corrected chi connectivity index (χ1v) is 7.40. The van der Waals surface area contributed by atoms with E-state index in [1.165, 1.54) is 11.3 Å². The average Bonchev–Trinajstić information content (AvgIpc) is 2.95. The van der Waals surface area contributed by atoms with E-state index in [0.29, 0.717) is 16.4 Å². The molecular formula is C16H12N2O3S. The molecule has 0 aliphatic heterocycles. The number of carbonyl (C=O) groups is 2. The molecule has 3 rings (SSSR count). The number of fused-ring (bicyclic) bond motifs is 1. The Morgan fingerprint density at radius 3 is 2.68 bits per heavy atom. The standard InChI is InChI=1S/C16H12N2O3S/c19-9-11-5-7-12(8-6-11)21-10-15(20)18-16-17-13-3-1-2-4-14(13)22-16/h1-9H,10H2,(H,17,18,20). The van der Waals surface area contributed by atoms with Crippen molar-refractivity contribution in [2.75, 3.05) is 11.9 Å². The molecule has 1 amide bonds. The normalized spacial score (nSPS) is 10.4. The van der Waals surface area contributed by atoms with Crippen molar-refractivity contribution in [1.82, 2.24) is 4.98 Å². The molecule has 0 spiro atoms. The van der Waals surface area contributed by atoms with Crippen molar-refractivity contribution in [3.63, 3.8) is 0 Å². The summed E-state index contributed by atoms with van der Waals surface area (Å²) in [4.78, 5) is 26.7. The van der Waals surface area contributed by atoms with Crippen molar-refractivity contribution in [3.8, 4) is 5.75 Å². The minimum Gasteiger partial charge on any atom is -0.484 e. The molecule has 0 unspecified atom stereocenters. The van der Waals surface area contributed by atoms with Gasteiger partial charge in [0.25, 0.3) is 5.91 Å². The maximum absolute atomic E-state index is 11.9. The lowest BCUT2D eigenvalue weighted by atomic mass is 10.2. The van der Waals surface area contributed by atoms with Crippen LogP contribution in [-0.4, -0.2) is 23.8 Å². The monoisotopic (exact) mass is 312 g/mol. The third-order valence-electron chi connectivity index (χ3n) is 2.93. The quantitative estimate of drug-likeness (QED) is 0.735. The van der Waals surface area contributed by atoms with Crippen molar-refractivity contribution in [3.05, 3.63) is 54.1 Å². The Labute approximate surface area is 130 Å². The van der Waals surface area contributed by atoms with Gasteiger partial charge in [-0.15, -0.1) is 0 Å². The lowest BCUT2D eigenvalue weighted by molar-refractivity contribution is -0.118. The first-order chi connectivity index (χ1) is 10.7. The molecule has 0 radical (unpaired) electrons. The van der Waals surface area contributed by atoms with Crippen molar-refractivity contribution in [2.45, 2.75) is 0 Å². The maximum atomic E-state index is 11.9. The third kappa shape index (κ3) is 3.29. The Hall–Kier alpha value is -2.73. The Morgan fingerprint density at radius 2 is 1.95 bits per heavy atom. The number of hydrogen-bond donors (Lipinski definition) is 1. The summed E-state index contributed by atoms with van der Waals surface area (Å²) in [6, 6.07) is 14.2. The molecule has 6 heteroatoms. The maximum Gasteiger partial charge on any atom is 0.264 e. The van der Waals surface area contributed by atoms with Crippen LogP contribution in [0.3, 0.4) is 0 Å². The number of aromatic nitrogens is 1. The number of nitrogens with zero attached hydrogens (tertiary/aromatic N) is 1. The summed E-state index contributed by atoms with van der Waals surface area (Å²) < 4.78 is 6.38. The van der Waals surface area contributed by atoms with Crippen LogP contribution >= 0.6 is 11.3 Å². The summed E-state index contributed by atoms with van der Waals surface area (Å²) in [5, 5.41) is 3.26. The van der Waals surface area contributed by atoms with Gasteiger partial charge < -0.3 is 4.74 Å². The minimum atomic E-state index is -0.279. The summed E-state index contributed by atoms with van der Waals surface area (Å²) in [5.74, 6) is 0.253. The van der Waals surface area contributed by atoms with Crippen molar-refractivity contribution in [2.24, 2.45) is 0 Å². The number of aldehydes is 1. The van der Waals surface area contributed by atoms with E-state index in [-0.39, 0.29) is 12.5 Å². The second-order valence-corrected chi connectivity index (χ2v) is 5.54. The summed E-state index contributed by atoms with van der Waals surface area (Å²) in [6.07, 6.45) is 0.754. The van der Waals surface area contributed by atoms with Gasteiger partial charge in [0.1, 0.15) is 12.0 Å². The van der Waals surface area contributed by atoms with Crippen LogP contribution in [-0.2, 0) is 4.79 Å². The number of carbonyl (C=O) groups excluding carboxylic acids is 2. The zero-order valence-electron chi connectivity index (χ0n) is 11.5. The Morgan fingerprint density at radius 1 is 1.18 bits per heavy atom. The number of ether oxygens (including phenoxy) is 1. The van der Waals surface area contributed by atoms with Crippen molar-refractivity contribution < 1.29 is 14.3 Å². The lowest BCUT2D eigenvalue weighted by Crippen LogP contribution is -2.19. The second-order valence-electron chi connectivity index (χ2n) is 4.51. The van der Waals surface area contributed by atoms with Gasteiger partial charge in [-0.25, -0.2) is 4.98 Å². The highest BCUT2D eigenvalue weighted by Crippen LogP contribution is 2.25. The van der Waals surface area contributed by atoms with E-state index in [1.807, 2.05) is 24.3 Å². The predicted molar refractivity (Wildman–Crippen MR) is 85.6 cm³/mol. The van der Waals surface area contributed by atoms with E-state index < -0.39 is 0 Å². The number of nitrogens with one attached hydrogen (secondary N) is 1. The van der Waals surface area contributed by atoms with Crippen molar-refractivity contribution >= 4 is 38.9 Å². The minimum absolute atomic E-state index is 0.115. The molecule has 0 atom stereocenters. The summed E-state index contributed by atoms with van der Waals surface area (Å²) in [6.45, 7) is -0.115. The van der Waals surface area contributed by atoms with Crippen LogP contribution in [0.4, 0.5) is 5.13 Å². The zero-order chi connectivity index (χ0) is 15.4. The molecule has 110 valence electrons. The molecule has 1 heterocycles. The molecule has 5 nitrogen and oxygen atoms in total. The molecule has 0 bridgehead atoms. The predicted octanol–water partition coefficient (Wildman–Crippen LogP) is 3.13. The zero-order valence-corrected chi connectivity index (χ0v) is 12.3. The van der Waals surface area contributed by atoms with Gasteiger partial charge in [-0.2, -0.15) is 0 Å². The Bertz CT molecular complexity index is 779. The van der Waals surface area contributed by atoms with E-state index in [0.717, 1.165) is 16.5 Å². The number of anilines is 1. The summed E-state index contributed by atoms with van der Waals surface area (Å²) >= 11 is 1.41. The van der Waals surface area contributed by atoms with Crippen LogP contribution in [0.5, 0.6) is 5.75 Å². The van der Waals surface area contributed by atoms with Crippen LogP contribution < -0.4 is 10.1 Å². The number of benzene rings is 2. The summed E-state index contributed by atoms with van der Waals surface area (Å²) in [7, 11) is 0. The Kier molecular flexibility index (Phi) is 4.11. The molecular weight excluding hydrogens is 300 g/mol. The molecule has 3 aromatic rings. The van der Waals surface area contributed by atoms with E-state index in [9.17, 15) is 9.59 Å². The highest BCUT2D eigenvalue weighted by atomic mass is 32.1. The largest absolute Gasteiger partial charge is 0.484 e. The van der Waals surface area contributed by atoms with Gasteiger partial charge in [0.15, 0.2) is 11.7 Å². The molecule has 22 heavy (non-hydrogen) atoms. The number of rotatable bonds is 5. The van der Waals surface area contributed by atoms with Gasteiger partial charge in [-0.1, -0.05) is 23.5 Å². The molecule has 2 aromatic carbocycles. The highest BCUT2D eigenvalue weighted by Gasteiger charge is 2.08. The van der Waals surface area contributed by atoms with Crippen LogP contribution in [0.15, 0.2) is 48.5 Å². The molecule has 0 aliphatic carbocycles. The smallest absolute Gasteiger partial charge is 0.264 e. The number of hydrogen-bond acceptors (Lipinski definition) is 5. The van der Waals surface area contributed by atoms with Gasteiger partial charge in [0.05, 0.1) is 10.2 Å². The molecule has 1 aromatic heterocycles. The fourth-order valence-corrected chi connectivity index (χ4v) is 2.75. The van der Waals surface area contributed by atoms with Gasteiger partial charge in [-0.3, -0.25) is 14.9 Å². The van der Waals surface area contributed by atoms with Gasteiger partial charge >= 0.3 is 0 Å². The van der Waals surface area contributed by atoms with E-state index in [1.54, 1.807) is 24.3 Å². The molecule has 0 aliphatic rings. The fraction of sp³-hybridized carbons (Fsp3) is 0.0625. The lowest BCUT2D eigenvalue weighted by Gasteiger charge is -2.05. The number of amides is 1. The topological polar surface area (TPSA) is 68.3 Å². The van der Waals surface area contributed by atoms with Crippen molar-refractivity contribution in [1.29, 1.82) is 0 Å². The van der Waals surface area contributed by atoms with Crippen LogP contribution in [0.2, 0.25) is 0 Å². The second kappa shape index (κ2) is 6.36. The van der Waals surface area contributed by atoms with Gasteiger partial charge in [0, 0.05) is 5.56 Å². The Balaban J connectivity index is 1.58. The van der Waals surface area contributed by atoms with E-state index in [4.69, 9.17) is 4.74 Å². The van der Waals surface area contributed by atoms with Crippen LogP contribution in [0.1, 0.15) is 10.4 Å². The number of thiazole rings is 1. The van der Waals surface area contributed by atoms with Crippen LogP contribution in [0, 0.1) is 0 Å². The van der Waals surface area contributed by atoms with E-state index >= 15 is 0 Å². The van der Waals surface area contributed by atoms with Crippen LogP contribution in [0.25, 0.3) is 10.2 Å². The molecule has 0 saturated carbocycles. The SMILES string of the molecule is O=Cc1ccc(OCC(=O)Nc2nc3ccccc3s2)cc1. The third-order valence-corrected chi connectivity index (χ3v) is 3.88. The highest BCUT2D eigenvalue weighted by molar-refractivity contribution is 7.22. The molecule has 0 saturated heterocycles. The first kappa shape index (κ1) is 14.2. The summed E-state index contributed by atoms with van der Waals surface area (Å²) in [5.41, 5.74) is 1.42. The molecule has 0 fully saturated rings. The average molecular weight is 312 g/mol. The first-order valence-electron chi connectivity index (χ1n) is 6.58. The fourth-order valence-electron chi connectivity index (χ4n) is 1.87.